The minimum atomic E-state index is -8.74. The van der Waals surface area contributed by atoms with Crippen molar-refractivity contribution in [2.45, 2.75) is 66.5 Å². The normalized spacial score (nSPS) is 19.7. The fourth-order valence-electron chi connectivity index (χ4n) is 1.80. The molecule has 0 unspecified atom stereocenters. The van der Waals surface area contributed by atoms with Crippen molar-refractivity contribution in [2.24, 2.45) is 0 Å². The molecule has 0 aliphatic carbocycles. The zero-order valence-electron chi connectivity index (χ0n) is 17.7. The maximum Gasteiger partial charge on any atom is 0.462 e. The van der Waals surface area contributed by atoms with Gasteiger partial charge in [-0.3, -0.25) is 14.2 Å². The molecule has 41 heavy (non-hydrogen) atoms. The van der Waals surface area contributed by atoms with E-state index in [9.17, 15) is 106 Å². The van der Waals surface area contributed by atoms with Crippen LogP contribution >= 0.6 is 0 Å². The molecule has 0 fully saturated rings. The summed E-state index contributed by atoms with van der Waals surface area (Å²) in [7, 11) is -0.393. The molecule has 0 aromatic carbocycles. The maximum absolute atomic E-state index is 14.1. The molecule has 28 heteroatoms. The second-order valence-corrected chi connectivity index (χ2v) is 6.70. The van der Waals surface area contributed by atoms with Crippen LogP contribution in [0.15, 0.2) is 0 Å². The Bertz CT molecular complexity index is 948. The van der Waals surface area contributed by atoms with Crippen molar-refractivity contribution >= 4 is 5.97 Å². The topological polar surface area (TPSA) is 54.0 Å². The Labute approximate surface area is 206 Å². The Hall–Kier alpha value is -2.26. The molecular weight excluding hydrogens is 673 g/mol. The monoisotopic (exact) mass is 676 g/mol. The van der Waals surface area contributed by atoms with Crippen molar-refractivity contribution in [2.75, 3.05) is 7.11 Å². The highest BCUT2D eigenvalue weighted by Gasteiger charge is 2.88. The molecule has 0 aliphatic rings. The van der Waals surface area contributed by atoms with Gasteiger partial charge in [0.05, 0.1) is 7.11 Å². The summed E-state index contributed by atoms with van der Waals surface area (Å²) >= 11 is 0. The quantitative estimate of drug-likeness (QED) is 0.187. The second kappa shape index (κ2) is 10.2. The zero-order chi connectivity index (χ0) is 33.9. The molecule has 0 N–H and O–H groups in total. The first-order chi connectivity index (χ1) is 17.4. The van der Waals surface area contributed by atoms with E-state index in [1.807, 2.05) is 0 Å². The number of methoxy groups -OCH3 is 1. The first-order valence-corrected chi connectivity index (χ1v) is 8.39. The predicted molar refractivity (Wildman–Crippen MR) is 70.8 cm³/mol. The maximum atomic E-state index is 14.1. The SMILES string of the molecule is COC(=O)[C@](F)(OC(F)(F)[C@](F)(OC(F)(F)[C@](F)(OC(F)(F)C(F)(F)C(F)(F)F)C(F)(F)F)C(F)(F)F)C(F)(F)F. The highest BCUT2D eigenvalue weighted by molar-refractivity contribution is 5.78. The predicted octanol–water partition coefficient (Wildman–Crippen LogP) is 6.87. The van der Waals surface area contributed by atoms with Crippen LogP contribution in [0.2, 0.25) is 0 Å². The third-order valence-corrected chi connectivity index (χ3v) is 3.82. The standard InChI is InChI=1S/C13H3F23O5/c1-38-2(37)3(14,7(19,20)21)39-12(33,34)5(17,9(25,26)27)41-13(35,36)6(18,10(28,29)30)40-11(31,32)4(15,16)8(22,23)24/h1H3/t3-,5+,6+/m0/s1. The lowest BCUT2D eigenvalue weighted by molar-refractivity contribution is -0.578. The Kier molecular flexibility index (Phi) is 9.62. The minimum Gasteiger partial charge on any atom is -0.465 e. The van der Waals surface area contributed by atoms with E-state index in [1.54, 1.807) is 4.74 Å². The molecule has 0 aliphatic heterocycles. The summed E-state index contributed by atoms with van der Waals surface area (Å²) < 4.78 is 306. The third kappa shape index (κ3) is 6.41. The van der Waals surface area contributed by atoms with Gasteiger partial charge in [0.1, 0.15) is 0 Å². The number of esters is 1. The summed E-state index contributed by atoms with van der Waals surface area (Å²) in [4.78, 5) is 10.8. The van der Waals surface area contributed by atoms with Gasteiger partial charge in [0.15, 0.2) is 0 Å². The minimum absolute atomic E-state index is 0.393. The lowest BCUT2D eigenvalue weighted by Crippen LogP contribution is -2.70. The Morgan fingerprint density at radius 2 is 0.707 bits per heavy atom. The molecule has 0 heterocycles. The molecule has 0 bridgehead atoms. The van der Waals surface area contributed by atoms with Gasteiger partial charge in [0.25, 0.3) is 0 Å². The second-order valence-electron chi connectivity index (χ2n) is 6.70. The van der Waals surface area contributed by atoms with E-state index in [2.05, 4.69) is 4.74 Å². The smallest absolute Gasteiger partial charge is 0.462 e. The zero-order valence-corrected chi connectivity index (χ0v) is 17.7. The van der Waals surface area contributed by atoms with Gasteiger partial charge in [-0.05, 0) is 0 Å². The van der Waals surface area contributed by atoms with Crippen LogP contribution in [0, 0.1) is 0 Å². The number of alkyl halides is 23. The van der Waals surface area contributed by atoms with Crippen molar-refractivity contribution in [3.63, 3.8) is 0 Å². The number of carbonyl (C=O) groups is 1. The summed E-state index contributed by atoms with van der Waals surface area (Å²) in [6.45, 7) is 0. The average molecular weight is 676 g/mol. The van der Waals surface area contributed by atoms with Gasteiger partial charge < -0.3 is 4.74 Å². The van der Waals surface area contributed by atoms with Gasteiger partial charge in [-0.15, -0.1) is 0 Å². The highest BCUT2D eigenvalue weighted by atomic mass is 19.4. The summed E-state index contributed by atoms with van der Waals surface area (Å²) in [5.74, 6) is -36.5. The number of halogens is 23. The van der Waals surface area contributed by atoms with Gasteiger partial charge in [-0.25, -0.2) is 4.79 Å². The average Bonchev–Trinajstić information content (AvgIpc) is 2.68. The van der Waals surface area contributed by atoms with Crippen LogP contribution in [0.5, 0.6) is 0 Å². The van der Waals surface area contributed by atoms with E-state index in [0.717, 1.165) is 9.47 Å². The Morgan fingerprint density at radius 3 is 0.951 bits per heavy atom. The molecule has 0 saturated carbocycles. The van der Waals surface area contributed by atoms with Crippen molar-refractivity contribution in [1.29, 1.82) is 0 Å². The lowest BCUT2D eigenvalue weighted by Gasteiger charge is -2.42. The Morgan fingerprint density at radius 1 is 0.415 bits per heavy atom. The highest BCUT2D eigenvalue weighted by Crippen LogP contribution is 2.59. The number of hydrogen-bond acceptors (Lipinski definition) is 5. The molecule has 0 rings (SSSR count). The molecule has 246 valence electrons. The molecule has 0 saturated heterocycles. The van der Waals surface area contributed by atoms with Gasteiger partial charge in [0.2, 0.25) is 0 Å². The molecule has 0 aromatic heterocycles. The number of rotatable bonds is 10. The van der Waals surface area contributed by atoms with Crippen LogP contribution in [0.25, 0.3) is 0 Å². The molecule has 0 radical (unpaired) electrons. The van der Waals surface area contributed by atoms with E-state index in [0.29, 0.717) is 0 Å². The summed E-state index contributed by atoms with van der Waals surface area (Å²) in [6.07, 6.45) is -57.5. The molecule has 0 spiro atoms. The summed E-state index contributed by atoms with van der Waals surface area (Å²) in [5, 5.41) is 0. The van der Waals surface area contributed by atoms with E-state index in [1.165, 1.54) is 0 Å². The van der Waals surface area contributed by atoms with Gasteiger partial charge in [-0.1, -0.05) is 0 Å². The van der Waals surface area contributed by atoms with Crippen LogP contribution in [-0.2, 0) is 23.7 Å². The summed E-state index contributed by atoms with van der Waals surface area (Å²) in [5.41, 5.74) is 0. The molecule has 0 aromatic rings. The van der Waals surface area contributed by atoms with Crippen LogP contribution in [0.4, 0.5) is 101 Å². The fraction of sp³-hybridized carbons (Fsp3) is 0.923. The largest absolute Gasteiger partial charge is 0.465 e. The third-order valence-electron chi connectivity index (χ3n) is 3.82. The van der Waals surface area contributed by atoms with Gasteiger partial charge in [0, 0.05) is 0 Å². The van der Waals surface area contributed by atoms with Crippen LogP contribution in [0.3, 0.4) is 0 Å². The van der Waals surface area contributed by atoms with Crippen molar-refractivity contribution < 1.29 is 125 Å². The van der Waals surface area contributed by atoms with Crippen molar-refractivity contribution in [3.05, 3.63) is 0 Å². The van der Waals surface area contributed by atoms with Crippen LogP contribution in [0.1, 0.15) is 0 Å². The number of carbonyl (C=O) groups excluding carboxylic acids is 1. The van der Waals surface area contributed by atoms with Crippen LogP contribution in [-0.4, -0.2) is 79.6 Å². The molecular formula is C13H3F23O5. The molecule has 5 nitrogen and oxygen atoms in total. The van der Waals surface area contributed by atoms with Crippen molar-refractivity contribution in [1.82, 2.24) is 0 Å². The summed E-state index contributed by atoms with van der Waals surface area (Å²) in [6, 6.07) is 0. The number of hydrogen-bond donors (Lipinski definition) is 0. The van der Waals surface area contributed by atoms with Crippen molar-refractivity contribution in [3.8, 4) is 0 Å². The van der Waals surface area contributed by atoms with E-state index < -0.39 is 79.6 Å². The first kappa shape index (κ1) is 38.7. The van der Waals surface area contributed by atoms with E-state index in [-0.39, 0.29) is 0 Å². The van der Waals surface area contributed by atoms with Gasteiger partial charge in [-0.2, -0.15) is 101 Å². The fourth-order valence-corrected chi connectivity index (χ4v) is 1.80. The van der Waals surface area contributed by atoms with Crippen LogP contribution < -0.4 is 0 Å². The molecule has 3 atom stereocenters. The number of ether oxygens (including phenoxy) is 4. The Balaban J connectivity index is 7.29. The first-order valence-electron chi connectivity index (χ1n) is 8.39. The van der Waals surface area contributed by atoms with Gasteiger partial charge >= 0.3 is 72.5 Å². The lowest BCUT2D eigenvalue weighted by atomic mass is 10.2. The molecule has 0 amide bonds. The van der Waals surface area contributed by atoms with E-state index >= 15 is 0 Å². The van der Waals surface area contributed by atoms with E-state index in [4.69, 9.17) is 0 Å².